The highest BCUT2D eigenvalue weighted by atomic mass is 19.1. The quantitative estimate of drug-likeness (QED) is 0.306. The fraction of sp³-hybridized carbons (Fsp3) is 0.789. The van der Waals surface area contributed by atoms with E-state index < -0.39 is 17.7 Å². The first-order chi connectivity index (χ1) is 24.3. The number of aromatic amines is 1. The van der Waals surface area contributed by atoms with Crippen LogP contribution in [0.1, 0.15) is 90.8 Å². The summed E-state index contributed by atoms with van der Waals surface area (Å²) in [6.45, 7) is 14.4. The smallest absolute Gasteiger partial charge is 0.251 e. The molecule has 3 amide bonds. The molecule has 0 bridgehead atoms. The zero-order valence-corrected chi connectivity index (χ0v) is 31.3. The van der Waals surface area contributed by atoms with Crippen LogP contribution >= 0.6 is 0 Å². The zero-order valence-electron chi connectivity index (χ0n) is 31.3. The second-order valence-electron chi connectivity index (χ2n) is 16.8. The predicted octanol–water partition coefficient (Wildman–Crippen LogP) is 2.24. The summed E-state index contributed by atoms with van der Waals surface area (Å²) in [6, 6.07) is 2.25. The van der Waals surface area contributed by atoms with E-state index in [9.17, 15) is 23.6 Å². The molecule has 51 heavy (non-hydrogen) atoms. The van der Waals surface area contributed by atoms with E-state index in [0.717, 1.165) is 56.6 Å². The molecule has 3 aliphatic heterocycles. The molecule has 13 heteroatoms. The summed E-state index contributed by atoms with van der Waals surface area (Å²) in [4.78, 5) is 62.1. The Morgan fingerprint density at radius 3 is 2.49 bits per heavy atom. The van der Waals surface area contributed by atoms with Gasteiger partial charge in [0.2, 0.25) is 11.8 Å². The Hall–Kier alpha value is -2.87. The van der Waals surface area contributed by atoms with E-state index in [-0.39, 0.29) is 65.8 Å². The number of alkyl halides is 1. The van der Waals surface area contributed by atoms with Crippen LogP contribution in [0.4, 0.5) is 10.1 Å². The van der Waals surface area contributed by atoms with Crippen molar-refractivity contribution in [1.29, 1.82) is 0 Å². The molecule has 4 heterocycles. The maximum atomic E-state index is 14.2. The number of hydrogen-bond donors (Lipinski definition) is 4. The molecule has 6 atom stereocenters. The van der Waals surface area contributed by atoms with E-state index >= 15 is 0 Å². The predicted molar refractivity (Wildman–Crippen MR) is 195 cm³/mol. The van der Waals surface area contributed by atoms with E-state index in [2.05, 4.69) is 58.4 Å². The third kappa shape index (κ3) is 9.03. The summed E-state index contributed by atoms with van der Waals surface area (Å²) in [5.41, 5.74) is 1.77. The Balaban J connectivity index is 1.09. The van der Waals surface area contributed by atoms with Crippen molar-refractivity contribution in [3.8, 4) is 0 Å². The van der Waals surface area contributed by atoms with Gasteiger partial charge in [-0.2, -0.15) is 0 Å². The van der Waals surface area contributed by atoms with Crippen molar-refractivity contribution in [3.63, 3.8) is 0 Å². The Labute approximate surface area is 302 Å². The molecule has 1 aromatic rings. The number of amides is 3. The van der Waals surface area contributed by atoms with Crippen LogP contribution in [0.25, 0.3) is 0 Å². The van der Waals surface area contributed by atoms with Crippen LogP contribution in [0.3, 0.4) is 0 Å². The van der Waals surface area contributed by atoms with Gasteiger partial charge in [-0.05, 0) is 76.2 Å². The number of hydrogen-bond acceptors (Lipinski definition) is 8. The minimum atomic E-state index is -0.740. The van der Waals surface area contributed by atoms with E-state index in [1.54, 1.807) is 0 Å². The largest absolute Gasteiger partial charge is 0.366 e. The number of fused-ring (bicyclic) bond motifs is 1. The molecular formula is C38H60FN7O5. The van der Waals surface area contributed by atoms with Crippen LogP contribution in [0.2, 0.25) is 0 Å². The highest BCUT2D eigenvalue weighted by Crippen LogP contribution is 2.39. The minimum Gasteiger partial charge on any atom is -0.366 e. The standard InChI is InChI=1S/C38H60FN7O5/c1-23-18-45(21-34(48)46-22-38(4,5)35-32(46)16-27(36(49)43-35)15-26-9-11-28(39)12-10-26)29(17-40-23)19-44-13-14-51-33(20-44)37(50)42-31-8-6-7-30(24(31)2)41-25(3)47/h16,23-24,26,28-31,33,40H,6-15,17-22H2,1-5H3,(H,41,47)(H,42,50)(H,43,49)/t23-,24?,26?,28?,29?,30?,31?,33+/m1/s1. The molecule has 2 saturated heterocycles. The topological polar surface area (TPSA) is 139 Å². The lowest BCUT2D eigenvalue weighted by Crippen LogP contribution is -2.62. The van der Waals surface area contributed by atoms with Crippen LogP contribution in [-0.2, 0) is 31.0 Å². The van der Waals surface area contributed by atoms with Crippen molar-refractivity contribution in [2.75, 3.05) is 57.3 Å². The van der Waals surface area contributed by atoms with E-state index in [1.807, 2.05) is 11.0 Å². The van der Waals surface area contributed by atoms with E-state index in [4.69, 9.17) is 4.74 Å². The normalized spacial score (nSPS) is 33.0. The zero-order chi connectivity index (χ0) is 36.4. The Bertz CT molecular complexity index is 1480. The van der Waals surface area contributed by atoms with Crippen molar-refractivity contribution in [1.82, 2.24) is 30.7 Å². The molecule has 1 aromatic heterocycles. The number of carbonyl (C=O) groups excluding carboxylic acids is 3. The monoisotopic (exact) mass is 713 g/mol. The Kier molecular flexibility index (Phi) is 11.9. The highest BCUT2D eigenvalue weighted by Gasteiger charge is 2.42. The highest BCUT2D eigenvalue weighted by molar-refractivity contribution is 5.97. The number of nitrogens with zero attached hydrogens (tertiary/aromatic N) is 3. The summed E-state index contributed by atoms with van der Waals surface area (Å²) in [6.07, 6.45) is 4.69. The first-order valence-electron chi connectivity index (χ1n) is 19.4. The second-order valence-corrected chi connectivity index (χ2v) is 16.8. The summed E-state index contributed by atoms with van der Waals surface area (Å²) < 4.78 is 19.8. The summed E-state index contributed by atoms with van der Waals surface area (Å²) >= 11 is 0. The van der Waals surface area contributed by atoms with Gasteiger partial charge in [0, 0.05) is 87.0 Å². The Morgan fingerprint density at radius 2 is 1.76 bits per heavy atom. The van der Waals surface area contributed by atoms with Gasteiger partial charge in [0.05, 0.1) is 18.8 Å². The van der Waals surface area contributed by atoms with Gasteiger partial charge in [-0.1, -0.05) is 20.8 Å². The van der Waals surface area contributed by atoms with Gasteiger partial charge < -0.3 is 30.6 Å². The average molecular weight is 714 g/mol. The lowest BCUT2D eigenvalue weighted by molar-refractivity contribution is -0.140. The van der Waals surface area contributed by atoms with Gasteiger partial charge in [0.25, 0.3) is 11.5 Å². The van der Waals surface area contributed by atoms with Gasteiger partial charge in [-0.3, -0.25) is 29.0 Å². The van der Waals surface area contributed by atoms with Crippen LogP contribution < -0.4 is 26.4 Å². The van der Waals surface area contributed by atoms with Crippen LogP contribution in [0, 0.1) is 11.8 Å². The van der Waals surface area contributed by atoms with Gasteiger partial charge >= 0.3 is 0 Å². The van der Waals surface area contributed by atoms with Gasteiger partial charge in [0.1, 0.15) is 12.3 Å². The first kappa shape index (κ1) is 37.9. The second kappa shape index (κ2) is 16.0. The van der Waals surface area contributed by atoms with E-state index in [1.165, 1.54) is 6.92 Å². The summed E-state index contributed by atoms with van der Waals surface area (Å²) in [5, 5.41) is 9.87. The molecule has 4 fully saturated rings. The van der Waals surface area contributed by atoms with E-state index in [0.29, 0.717) is 57.6 Å². The number of rotatable bonds is 9. The SMILES string of the molecule is CC(=O)NC1CCCC(NC(=O)[C@@H]2CN(CC3CN[C@H](C)CN3CC(=O)N3CC(C)(C)c4[nH]c(=O)c(CC5CCC(F)CC5)cc43)CCO2)C1C. The molecule has 0 aromatic carbocycles. The maximum absolute atomic E-state index is 14.2. The summed E-state index contributed by atoms with van der Waals surface area (Å²) in [7, 11) is 0. The van der Waals surface area contributed by atoms with Crippen LogP contribution in [0.5, 0.6) is 0 Å². The number of morpholine rings is 1. The molecule has 12 nitrogen and oxygen atoms in total. The molecule has 0 spiro atoms. The lowest BCUT2D eigenvalue weighted by atomic mass is 9.81. The molecule has 284 valence electrons. The fourth-order valence-electron chi connectivity index (χ4n) is 9.16. The lowest BCUT2D eigenvalue weighted by Gasteiger charge is -2.43. The molecule has 4 unspecified atom stereocenters. The number of pyridine rings is 1. The van der Waals surface area contributed by atoms with Crippen LogP contribution in [0.15, 0.2) is 10.9 Å². The molecule has 2 saturated carbocycles. The van der Waals surface area contributed by atoms with Gasteiger partial charge in [-0.15, -0.1) is 0 Å². The number of piperazine rings is 1. The molecule has 5 aliphatic rings. The van der Waals surface area contributed by atoms with Gasteiger partial charge in [-0.25, -0.2) is 4.39 Å². The van der Waals surface area contributed by atoms with Gasteiger partial charge in [0.15, 0.2) is 0 Å². The fourth-order valence-corrected chi connectivity index (χ4v) is 9.16. The van der Waals surface area contributed by atoms with Crippen molar-refractivity contribution in [3.05, 3.63) is 27.7 Å². The number of H-pyrrole nitrogens is 1. The number of aromatic nitrogens is 1. The average Bonchev–Trinajstić information content (AvgIpc) is 3.34. The minimum absolute atomic E-state index is 0.00950. The number of nitrogens with one attached hydrogen (secondary N) is 4. The van der Waals surface area contributed by atoms with Crippen molar-refractivity contribution in [2.45, 2.75) is 128 Å². The van der Waals surface area contributed by atoms with Crippen molar-refractivity contribution >= 4 is 23.4 Å². The number of halogens is 1. The number of ether oxygens (including phenoxy) is 1. The molecule has 6 rings (SSSR count). The molecule has 0 radical (unpaired) electrons. The Morgan fingerprint density at radius 1 is 1.04 bits per heavy atom. The summed E-state index contributed by atoms with van der Waals surface area (Å²) in [5.74, 6) is 0.272. The number of anilines is 1. The van der Waals surface area contributed by atoms with Crippen molar-refractivity contribution < 1.29 is 23.5 Å². The first-order valence-corrected chi connectivity index (χ1v) is 19.4. The third-order valence-corrected chi connectivity index (χ3v) is 12.2. The molecule has 2 aliphatic carbocycles. The van der Waals surface area contributed by atoms with Crippen LogP contribution in [-0.4, -0.2) is 121 Å². The number of carbonyl (C=O) groups is 3. The molecule has 4 N–H and O–H groups in total. The maximum Gasteiger partial charge on any atom is 0.251 e. The van der Waals surface area contributed by atoms with Crippen molar-refractivity contribution in [2.24, 2.45) is 11.8 Å². The third-order valence-electron chi connectivity index (χ3n) is 12.2. The molecular weight excluding hydrogens is 653 g/mol.